The van der Waals surface area contributed by atoms with E-state index in [2.05, 4.69) is 22.0 Å². The number of aromatic nitrogens is 2. The molecular formula is C25H29FN4O2. The van der Waals surface area contributed by atoms with E-state index >= 15 is 0 Å². The van der Waals surface area contributed by atoms with Crippen LogP contribution in [-0.2, 0) is 13.0 Å². The molecule has 6 nitrogen and oxygen atoms in total. The number of likely N-dealkylation sites (tertiary alicyclic amines) is 1. The smallest absolute Gasteiger partial charge is 0.256 e. The average molecular weight is 437 g/mol. The van der Waals surface area contributed by atoms with E-state index in [0.717, 1.165) is 50.3 Å². The lowest BCUT2D eigenvalue weighted by molar-refractivity contribution is 0.0732. The zero-order chi connectivity index (χ0) is 22.1. The minimum Gasteiger partial charge on any atom is -0.334 e. The summed E-state index contributed by atoms with van der Waals surface area (Å²) in [7, 11) is 0. The molecule has 0 radical (unpaired) electrons. The van der Waals surface area contributed by atoms with Crippen LogP contribution >= 0.6 is 0 Å². The molecule has 1 amide bonds. The van der Waals surface area contributed by atoms with Crippen LogP contribution in [0.5, 0.6) is 0 Å². The summed E-state index contributed by atoms with van der Waals surface area (Å²) in [6, 6.07) is 5.69. The molecule has 1 N–H and O–H groups in total. The number of allylic oxidation sites excluding steroid dienone is 2. The maximum Gasteiger partial charge on any atom is 0.256 e. The Morgan fingerprint density at radius 1 is 1.16 bits per heavy atom. The zero-order valence-corrected chi connectivity index (χ0v) is 18.2. The molecule has 2 aliphatic heterocycles. The van der Waals surface area contributed by atoms with Gasteiger partial charge in [-0.25, -0.2) is 9.37 Å². The summed E-state index contributed by atoms with van der Waals surface area (Å²) in [6.45, 7) is 2.83. The summed E-state index contributed by atoms with van der Waals surface area (Å²) in [6.07, 6.45) is 10.8. The number of rotatable bonds is 4. The highest BCUT2D eigenvalue weighted by Gasteiger charge is 2.32. The molecule has 32 heavy (non-hydrogen) atoms. The molecule has 1 fully saturated rings. The number of halogens is 1. The summed E-state index contributed by atoms with van der Waals surface area (Å²) in [5.41, 5.74) is 1.65. The van der Waals surface area contributed by atoms with Gasteiger partial charge in [-0.15, -0.1) is 0 Å². The van der Waals surface area contributed by atoms with Crippen molar-refractivity contribution in [2.45, 2.75) is 51.1 Å². The standard InChI is InChI=1S/C25H29FN4O2/c26-19-10-8-18(9-11-19)25(32)30-14-12-21-20(16-30)24(31)28-23(27-21)22-7-4-13-29(22)15-17-5-2-1-3-6-17/h1-2,8-11,17,22H,3-7,12-16H2,(H,27,28,31). The molecule has 2 unspecified atom stereocenters. The Morgan fingerprint density at radius 3 is 2.78 bits per heavy atom. The Labute approximate surface area is 187 Å². The SMILES string of the molecule is O=C(c1ccc(F)cc1)N1CCc2nc(C3CCCN3CC3CC=CCC3)[nH]c(=O)c2C1. The first-order valence-electron chi connectivity index (χ1n) is 11.6. The molecule has 3 heterocycles. The van der Waals surface area contributed by atoms with Crippen LogP contribution in [0.15, 0.2) is 41.2 Å². The van der Waals surface area contributed by atoms with E-state index < -0.39 is 0 Å². The Kier molecular flexibility index (Phi) is 5.91. The number of H-pyrrole nitrogens is 1. The van der Waals surface area contributed by atoms with Gasteiger partial charge in [-0.3, -0.25) is 14.5 Å². The van der Waals surface area contributed by atoms with Gasteiger partial charge in [0.25, 0.3) is 11.5 Å². The predicted molar refractivity (Wildman–Crippen MR) is 120 cm³/mol. The monoisotopic (exact) mass is 436 g/mol. The number of nitrogens with one attached hydrogen (secondary N) is 1. The van der Waals surface area contributed by atoms with Crippen molar-refractivity contribution in [3.05, 3.63) is 75.2 Å². The predicted octanol–water partition coefficient (Wildman–Crippen LogP) is 3.60. The van der Waals surface area contributed by atoms with Crippen molar-refractivity contribution in [1.82, 2.24) is 19.8 Å². The van der Waals surface area contributed by atoms with Gasteiger partial charge in [0.05, 0.1) is 23.8 Å². The van der Waals surface area contributed by atoms with E-state index in [9.17, 15) is 14.0 Å². The maximum atomic E-state index is 13.2. The number of hydrogen-bond acceptors (Lipinski definition) is 4. The topological polar surface area (TPSA) is 69.3 Å². The van der Waals surface area contributed by atoms with Crippen LogP contribution in [0.1, 0.15) is 65.6 Å². The van der Waals surface area contributed by atoms with Crippen LogP contribution in [0.4, 0.5) is 4.39 Å². The minimum atomic E-state index is -0.375. The Balaban J connectivity index is 1.32. The van der Waals surface area contributed by atoms with Gasteiger partial charge >= 0.3 is 0 Å². The molecule has 7 heteroatoms. The first-order valence-corrected chi connectivity index (χ1v) is 11.6. The number of aromatic amines is 1. The summed E-state index contributed by atoms with van der Waals surface area (Å²) in [4.78, 5) is 37.8. The van der Waals surface area contributed by atoms with Crippen LogP contribution in [0, 0.1) is 11.7 Å². The second kappa shape index (κ2) is 8.98. The zero-order valence-electron chi connectivity index (χ0n) is 18.2. The fourth-order valence-electron chi connectivity index (χ4n) is 5.26. The lowest BCUT2D eigenvalue weighted by Gasteiger charge is -2.31. The van der Waals surface area contributed by atoms with Gasteiger partial charge in [-0.1, -0.05) is 12.2 Å². The molecule has 1 saturated heterocycles. The number of carbonyl (C=O) groups is 1. The number of fused-ring (bicyclic) bond motifs is 1. The summed E-state index contributed by atoms with van der Waals surface area (Å²) in [5.74, 6) is 0.883. The number of carbonyl (C=O) groups excluding carboxylic acids is 1. The van der Waals surface area contributed by atoms with Crippen molar-refractivity contribution in [2.75, 3.05) is 19.6 Å². The quantitative estimate of drug-likeness (QED) is 0.744. The minimum absolute atomic E-state index is 0.144. The van der Waals surface area contributed by atoms with Crippen LogP contribution in [-0.4, -0.2) is 45.3 Å². The van der Waals surface area contributed by atoms with Gasteiger partial charge in [0.2, 0.25) is 0 Å². The van der Waals surface area contributed by atoms with Crippen LogP contribution in [0.3, 0.4) is 0 Å². The second-order valence-corrected chi connectivity index (χ2v) is 9.16. The van der Waals surface area contributed by atoms with Crippen molar-refractivity contribution in [3.63, 3.8) is 0 Å². The van der Waals surface area contributed by atoms with E-state index in [1.165, 1.54) is 30.7 Å². The molecule has 0 saturated carbocycles. The first-order chi connectivity index (χ1) is 15.6. The van der Waals surface area contributed by atoms with Crippen LogP contribution < -0.4 is 5.56 Å². The number of amides is 1. The van der Waals surface area contributed by atoms with Gasteiger partial charge in [0.15, 0.2) is 0 Å². The van der Waals surface area contributed by atoms with Crippen molar-refractivity contribution >= 4 is 5.91 Å². The average Bonchev–Trinajstić information content (AvgIpc) is 3.27. The number of hydrogen-bond donors (Lipinski definition) is 1. The van der Waals surface area contributed by atoms with E-state index in [0.29, 0.717) is 30.0 Å². The third kappa shape index (κ3) is 4.26. The van der Waals surface area contributed by atoms with Crippen molar-refractivity contribution in [2.24, 2.45) is 5.92 Å². The Morgan fingerprint density at radius 2 is 2.00 bits per heavy atom. The highest BCUT2D eigenvalue weighted by Crippen LogP contribution is 2.32. The van der Waals surface area contributed by atoms with E-state index in [4.69, 9.17) is 4.98 Å². The molecule has 1 aromatic carbocycles. The van der Waals surface area contributed by atoms with Crippen molar-refractivity contribution in [3.8, 4) is 0 Å². The van der Waals surface area contributed by atoms with Gasteiger partial charge in [-0.2, -0.15) is 0 Å². The molecule has 0 bridgehead atoms. The lowest BCUT2D eigenvalue weighted by atomic mass is 9.93. The fourth-order valence-corrected chi connectivity index (χ4v) is 5.26. The number of nitrogens with zero attached hydrogens (tertiary/aromatic N) is 3. The van der Waals surface area contributed by atoms with Gasteiger partial charge < -0.3 is 9.88 Å². The molecule has 0 spiro atoms. The molecule has 1 aromatic heterocycles. The molecule has 1 aliphatic carbocycles. The van der Waals surface area contributed by atoms with E-state index in [1.807, 2.05) is 0 Å². The maximum absolute atomic E-state index is 13.2. The first kappa shape index (κ1) is 21.1. The Hall–Kier alpha value is -2.80. The second-order valence-electron chi connectivity index (χ2n) is 9.16. The summed E-state index contributed by atoms with van der Waals surface area (Å²) >= 11 is 0. The lowest BCUT2D eigenvalue weighted by Crippen LogP contribution is -2.40. The molecule has 2 atom stereocenters. The Bertz CT molecular complexity index is 1080. The number of benzene rings is 1. The van der Waals surface area contributed by atoms with E-state index in [1.54, 1.807) is 4.90 Å². The van der Waals surface area contributed by atoms with Gasteiger partial charge in [-0.05, 0) is 68.8 Å². The molecular weight excluding hydrogens is 407 g/mol. The third-order valence-electron chi connectivity index (χ3n) is 7.01. The van der Waals surface area contributed by atoms with Crippen LogP contribution in [0.25, 0.3) is 0 Å². The van der Waals surface area contributed by atoms with Crippen molar-refractivity contribution in [1.29, 1.82) is 0 Å². The molecule has 5 rings (SSSR count). The molecule has 2 aromatic rings. The van der Waals surface area contributed by atoms with Crippen LogP contribution in [0.2, 0.25) is 0 Å². The third-order valence-corrected chi connectivity index (χ3v) is 7.01. The van der Waals surface area contributed by atoms with E-state index in [-0.39, 0.29) is 29.9 Å². The summed E-state index contributed by atoms with van der Waals surface area (Å²) < 4.78 is 13.2. The highest BCUT2D eigenvalue weighted by molar-refractivity contribution is 5.94. The van der Waals surface area contributed by atoms with Crippen molar-refractivity contribution < 1.29 is 9.18 Å². The largest absolute Gasteiger partial charge is 0.334 e. The van der Waals surface area contributed by atoms with Gasteiger partial charge in [0.1, 0.15) is 11.6 Å². The highest BCUT2D eigenvalue weighted by atomic mass is 19.1. The normalized spacial score (nSPS) is 23.3. The van der Waals surface area contributed by atoms with Gasteiger partial charge in [0, 0.05) is 25.1 Å². The fraction of sp³-hybridized carbons (Fsp3) is 0.480. The molecule has 3 aliphatic rings. The summed E-state index contributed by atoms with van der Waals surface area (Å²) in [5, 5.41) is 0. The molecule has 168 valence electrons.